The third-order valence-electron chi connectivity index (χ3n) is 8.13. The molecule has 1 aliphatic carbocycles. The average Bonchev–Trinajstić information content (AvgIpc) is 3.50. The van der Waals surface area contributed by atoms with Crippen LogP contribution in [0.25, 0.3) is 5.82 Å². The second kappa shape index (κ2) is 13.5. The fourth-order valence-corrected chi connectivity index (χ4v) is 6.15. The summed E-state index contributed by atoms with van der Waals surface area (Å²) in [5, 5.41) is 11.8. The van der Waals surface area contributed by atoms with Gasteiger partial charge in [-0.05, 0) is 83.1 Å². The van der Waals surface area contributed by atoms with Crippen LogP contribution in [0.15, 0.2) is 47.6 Å². The van der Waals surface area contributed by atoms with E-state index in [9.17, 15) is 18.0 Å². The summed E-state index contributed by atoms with van der Waals surface area (Å²) in [6, 6.07) is 10.8. The number of carbonyl (C=O) groups excluding carboxylic acids is 1. The van der Waals surface area contributed by atoms with Gasteiger partial charge in [0.15, 0.2) is 5.82 Å². The fourth-order valence-electron chi connectivity index (χ4n) is 5.31. The minimum absolute atomic E-state index is 0.0286. The summed E-state index contributed by atoms with van der Waals surface area (Å²) in [4.78, 5) is 21.6. The first-order valence-electron chi connectivity index (χ1n) is 14.8. The molecule has 238 valence electrons. The summed E-state index contributed by atoms with van der Waals surface area (Å²) in [5.74, 6) is 0.801. The number of amides is 1. The van der Waals surface area contributed by atoms with Crippen LogP contribution >= 0.6 is 23.5 Å². The number of alkyl halides is 3. The smallest absolute Gasteiger partial charge is 0.394 e. The molecule has 1 saturated carbocycles. The lowest BCUT2D eigenvalue weighted by molar-refractivity contribution is -0.190. The molecular formula is C30H37ClF3N7O2S. The predicted octanol–water partition coefficient (Wildman–Crippen LogP) is 6.98. The molecular weight excluding hydrogens is 615 g/mol. The van der Waals surface area contributed by atoms with Crippen molar-refractivity contribution in [2.45, 2.75) is 88.0 Å². The lowest BCUT2D eigenvalue weighted by Crippen LogP contribution is -2.37. The Morgan fingerprint density at radius 1 is 1.16 bits per heavy atom. The molecule has 1 atom stereocenters. The number of halogens is 4. The van der Waals surface area contributed by atoms with Crippen molar-refractivity contribution in [1.82, 2.24) is 29.8 Å². The molecule has 3 aromatic heterocycles. The van der Waals surface area contributed by atoms with Crippen LogP contribution in [0.2, 0.25) is 5.15 Å². The van der Waals surface area contributed by atoms with Crippen LogP contribution in [-0.2, 0) is 0 Å². The first-order chi connectivity index (χ1) is 20.9. The molecule has 14 heteroatoms. The highest BCUT2D eigenvalue weighted by molar-refractivity contribution is 7.97. The molecule has 0 radical (unpaired) electrons. The molecule has 2 fully saturated rings. The van der Waals surface area contributed by atoms with E-state index >= 15 is 0 Å². The van der Waals surface area contributed by atoms with Gasteiger partial charge in [0.05, 0.1) is 17.6 Å². The number of rotatable bonds is 14. The van der Waals surface area contributed by atoms with Gasteiger partial charge >= 0.3 is 6.18 Å². The van der Waals surface area contributed by atoms with Gasteiger partial charge in [-0.2, -0.15) is 13.2 Å². The van der Waals surface area contributed by atoms with Crippen LogP contribution in [0.1, 0.15) is 75.6 Å². The lowest BCUT2D eigenvalue weighted by Gasteiger charge is -2.20. The number of hydrogen-bond donors (Lipinski definition) is 3. The number of ether oxygens (including phenoxy) is 1. The second-order valence-corrected chi connectivity index (χ2v) is 13.2. The van der Waals surface area contributed by atoms with Gasteiger partial charge in [-0.15, -0.1) is 5.10 Å². The first-order valence-corrected chi connectivity index (χ1v) is 16.0. The Morgan fingerprint density at radius 3 is 2.68 bits per heavy atom. The highest BCUT2D eigenvalue weighted by Crippen LogP contribution is 2.59. The zero-order chi connectivity index (χ0) is 31.4. The van der Waals surface area contributed by atoms with Crippen LogP contribution in [0.4, 0.5) is 19.0 Å². The summed E-state index contributed by atoms with van der Waals surface area (Å²) in [6.07, 6.45) is 3.31. The van der Waals surface area contributed by atoms with Gasteiger partial charge in [0.25, 0.3) is 5.91 Å². The van der Waals surface area contributed by atoms with E-state index in [1.807, 2.05) is 12.1 Å². The molecule has 0 bridgehead atoms. The predicted molar refractivity (Wildman–Crippen MR) is 164 cm³/mol. The van der Waals surface area contributed by atoms with E-state index < -0.39 is 17.5 Å². The van der Waals surface area contributed by atoms with E-state index in [0.29, 0.717) is 16.9 Å². The fraction of sp³-hybridized carbons (Fsp3) is 0.533. The van der Waals surface area contributed by atoms with Gasteiger partial charge in [0.2, 0.25) is 5.88 Å². The third-order valence-corrected chi connectivity index (χ3v) is 9.15. The highest BCUT2D eigenvalue weighted by Gasteiger charge is 2.62. The average molecular weight is 652 g/mol. The molecule has 1 unspecified atom stereocenters. The highest BCUT2D eigenvalue weighted by atomic mass is 35.5. The Labute approximate surface area is 264 Å². The quantitative estimate of drug-likeness (QED) is 0.0975. The van der Waals surface area contributed by atoms with E-state index in [1.165, 1.54) is 36.1 Å². The zero-order valence-electron chi connectivity index (χ0n) is 24.7. The molecule has 1 aliphatic heterocycles. The maximum Gasteiger partial charge on any atom is 0.394 e. The van der Waals surface area contributed by atoms with Crippen LogP contribution in [0.3, 0.4) is 0 Å². The number of hydrogen-bond acceptors (Lipinski definition) is 8. The number of nitrogens with one attached hydrogen (secondary N) is 3. The molecule has 3 aromatic rings. The third kappa shape index (κ3) is 8.36. The van der Waals surface area contributed by atoms with Gasteiger partial charge in [-0.1, -0.05) is 24.1 Å². The molecule has 1 saturated heterocycles. The van der Waals surface area contributed by atoms with Gasteiger partial charge in [-0.25, -0.2) is 14.6 Å². The second-order valence-electron chi connectivity index (χ2n) is 12.1. The SMILES string of the molecule is CC1(C)CCC(CCCCNc2cccc(SNC(=O)c3ccc(-n4ccc(OCCC5(C(F)(F)F)CC5)n4)nc3Cl)n2)N1. The minimum atomic E-state index is -4.22. The van der Waals surface area contributed by atoms with Crippen molar-refractivity contribution in [3.05, 3.63) is 53.3 Å². The molecule has 2 aliphatic rings. The van der Waals surface area contributed by atoms with Gasteiger partial charge in [0, 0.05) is 42.3 Å². The molecule has 9 nitrogen and oxygen atoms in total. The van der Waals surface area contributed by atoms with Crippen molar-refractivity contribution in [3.8, 4) is 11.7 Å². The van der Waals surface area contributed by atoms with Crippen molar-refractivity contribution in [1.29, 1.82) is 0 Å². The monoisotopic (exact) mass is 651 g/mol. The minimum Gasteiger partial charge on any atom is -0.477 e. The van der Waals surface area contributed by atoms with E-state index in [4.69, 9.17) is 16.3 Å². The molecule has 5 rings (SSSR count). The van der Waals surface area contributed by atoms with Gasteiger partial charge < -0.3 is 15.4 Å². The number of aromatic nitrogens is 4. The number of carbonyl (C=O) groups is 1. The molecule has 0 aromatic carbocycles. The topological polar surface area (TPSA) is 106 Å². The van der Waals surface area contributed by atoms with Gasteiger partial charge in [-0.3, -0.25) is 9.52 Å². The van der Waals surface area contributed by atoms with E-state index in [-0.39, 0.29) is 48.0 Å². The summed E-state index contributed by atoms with van der Waals surface area (Å²) < 4.78 is 48.9. The van der Waals surface area contributed by atoms with E-state index in [2.05, 4.69) is 44.3 Å². The van der Waals surface area contributed by atoms with E-state index in [1.54, 1.807) is 18.3 Å². The number of unbranched alkanes of at least 4 members (excludes halogenated alkanes) is 1. The van der Waals surface area contributed by atoms with Crippen LogP contribution in [0.5, 0.6) is 5.88 Å². The maximum absolute atomic E-state index is 13.1. The first kappa shape index (κ1) is 32.4. The number of pyridine rings is 2. The van der Waals surface area contributed by atoms with Crippen LogP contribution in [0, 0.1) is 5.41 Å². The van der Waals surface area contributed by atoms with Crippen molar-refractivity contribution >= 4 is 35.3 Å². The Balaban J connectivity index is 1.06. The standard InChI is InChI=1S/C30H37ClF3N7O2S/c1-28(2)13-11-20(38-28)6-3-4-17-35-22-7-5-8-25(36-22)44-40-27(42)21-9-10-23(37-26(21)31)41-18-12-24(39-41)43-19-16-29(14-15-29)30(32,33)34/h5,7-10,12,18,20,38H,3-4,6,11,13-17,19H2,1-2H3,(H,35,36)(H,40,42). The molecule has 1 amide bonds. The van der Waals surface area contributed by atoms with Crippen LogP contribution < -0.4 is 20.1 Å². The lowest BCUT2D eigenvalue weighted by atomic mass is 10.0. The molecule has 3 N–H and O–H groups in total. The maximum atomic E-state index is 13.1. The largest absolute Gasteiger partial charge is 0.477 e. The number of anilines is 1. The molecule has 44 heavy (non-hydrogen) atoms. The summed E-state index contributed by atoms with van der Waals surface area (Å²) >= 11 is 7.40. The molecule has 4 heterocycles. The van der Waals surface area contributed by atoms with Crippen molar-refractivity contribution in [2.75, 3.05) is 18.5 Å². The Bertz CT molecular complexity index is 1450. The number of nitrogens with zero attached hydrogens (tertiary/aromatic N) is 4. The van der Waals surface area contributed by atoms with E-state index in [0.717, 1.165) is 37.2 Å². The Hall–Kier alpha value is -3.03. The van der Waals surface area contributed by atoms with Crippen LogP contribution in [-0.4, -0.2) is 56.6 Å². The summed E-state index contributed by atoms with van der Waals surface area (Å²) in [7, 11) is 0. The summed E-state index contributed by atoms with van der Waals surface area (Å²) in [5.41, 5.74) is -1.21. The van der Waals surface area contributed by atoms with Crippen molar-refractivity contribution in [3.63, 3.8) is 0 Å². The molecule has 0 spiro atoms. The van der Waals surface area contributed by atoms with Crippen molar-refractivity contribution in [2.24, 2.45) is 5.41 Å². The van der Waals surface area contributed by atoms with Crippen molar-refractivity contribution < 1.29 is 22.7 Å². The Morgan fingerprint density at radius 2 is 1.98 bits per heavy atom. The zero-order valence-corrected chi connectivity index (χ0v) is 26.3. The summed E-state index contributed by atoms with van der Waals surface area (Å²) in [6.45, 7) is 5.24. The normalized spacial score (nSPS) is 18.6. The Kier molecular flexibility index (Phi) is 9.96. The van der Waals surface area contributed by atoms with Gasteiger partial charge in [0.1, 0.15) is 16.0 Å².